The van der Waals surface area contributed by atoms with Crippen LogP contribution in [0.1, 0.15) is 12.0 Å². The maximum atomic E-state index is 12.8. The van der Waals surface area contributed by atoms with Crippen LogP contribution in [-0.2, 0) is 17.8 Å². The van der Waals surface area contributed by atoms with Gasteiger partial charge in [0.15, 0.2) is 0 Å². The fourth-order valence-corrected chi connectivity index (χ4v) is 3.17. The molecule has 1 heterocycles. The lowest BCUT2D eigenvalue weighted by Crippen LogP contribution is -2.26. The molecular formula is C23H27N3O3. The Morgan fingerprint density at radius 1 is 1.07 bits per heavy atom. The quantitative estimate of drug-likeness (QED) is 0.639. The number of anilines is 1. The lowest BCUT2D eigenvalue weighted by molar-refractivity contribution is -0.116. The van der Waals surface area contributed by atoms with E-state index in [0.717, 1.165) is 23.2 Å². The van der Waals surface area contributed by atoms with Crippen molar-refractivity contribution in [3.63, 3.8) is 0 Å². The number of carbonyl (C=O) groups is 1. The zero-order valence-corrected chi connectivity index (χ0v) is 17.1. The summed E-state index contributed by atoms with van der Waals surface area (Å²) in [5, 5.41) is 4.33. The minimum atomic E-state index is -0.0786. The number of hydrogen-bond acceptors (Lipinski definition) is 4. The molecule has 1 amide bonds. The molecule has 3 aromatic rings. The first-order chi connectivity index (χ1) is 14.0. The van der Waals surface area contributed by atoms with Crippen LogP contribution in [0.25, 0.3) is 10.8 Å². The average Bonchev–Trinajstić information content (AvgIpc) is 2.72. The number of ether oxygens (including phenoxy) is 1. The summed E-state index contributed by atoms with van der Waals surface area (Å²) < 4.78 is 6.86. The molecule has 6 heteroatoms. The van der Waals surface area contributed by atoms with Crippen molar-refractivity contribution in [3.8, 4) is 5.75 Å². The zero-order valence-electron chi connectivity index (χ0n) is 17.1. The Balaban J connectivity index is 1.71. The number of benzene rings is 2. The lowest BCUT2D eigenvalue weighted by atomic mass is 10.1. The van der Waals surface area contributed by atoms with Crippen LogP contribution in [0.2, 0.25) is 0 Å². The van der Waals surface area contributed by atoms with E-state index in [4.69, 9.17) is 4.74 Å². The molecule has 0 aliphatic carbocycles. The Morgan fingerprint density at radius 2 is 1.83 bits per heavy atom. The number of aromatic nitrogens is 1. The van der Waals surface area contributed by atoms with E-state index in [1.807, 2.05) is 55.4 Å². The number of hydrogen-bond donors (Lipinski definition) is 1. The van der Waals surface area contributed by atoms with Crippen LogP contribution in [0, 0.1) is 0 Å². The normalized spacial score (nSPS) is 11.0. The Morgan fingerprint density at radius 3 is 2.52 bits per heavy atom. The minimum absolute atomic E-state index is 0.0429. The topological polar surface area (TPSA) is 63.6 Å². The van der Waals surface area contributed by atoms with Crippen molar-refractivity contribution in [3.05, 3.63) is 70.6 Å². The molecule has 0 spiro atoms. The third kappa shape index (κ3) is 5.23. The fourth-order valence-electron chi connectivity index (χ4n) is 3.17. The molecule has 0 saturated carbocycles. The van der Waals surface area contributed by atoms with Crippen LogP contribution in [-0.4, -0.2) is 43.1 Å². The summed E-state index contributed by atoms with van der Waals surface area (Å²) in [6, 6.07) is 15.0. The van der Waals surface area contributed by atoms with E-state index in [-0.39, 0.29) is 11.5 Å². The summed E-state index contributed by atoms with van der Waals surface area (Å²) in [6.07, 6.45) is 2.79. The second kappa shape index (κ2) is 9.39. The van der Waals surface area contributed by atoms with Crippen LogP contribution in [0.4, 0.5) is 5.69 Å². The predicted octanol–water partition coefficient (Wildman–Crippen LogP) is 3.14. The molecule has 0 fully saturated rings. The lowest BCUT2D eigenvalue weighted by Gasteiger charge is -2.13. The monoisotopic (exact) mass is 393 g/mol. The molecule has 0 atom stereocenters. The van der Waals surface area contributed by atoms with Crippen molar-refractivity contribution < 1.29 is 9.53 Å². The number of methoxy groups -OCH3 is 1. The third-order valence-electron chi connectivity index (χ3n) is 4.88. The van der Waals surface area contributed by atoms with E-state index in [1.54, 1.807) is 30.0 Å². The van der Waals surface area contributed by atoms with Gasteiger partial charge in [0.25, 0.3) is 5.56 Å². The minimum Gasteiger partial charge on any atom is -0.497 e. The van der Waals surface area contributed by atoms with Gasteiger partial charge in [0, 0.05) is 42.2 Å². The molecule has 0 bridgehead atoms. The van der Waals surface area contributed by atoms with Crippen molar-refractivity contribution in [1.82, 2.24) is 9.47 Å². The van der Waals surface area contributed by atoms with E-state index in [1.165, 1.54) is 0 Å². The summed E-state index contributed by atoms with van der Waals surface area (Å²) in [4.78, 5) is 27.3. The Bertz CT molecular complexity index is 1040. The number of rotatable bonds is 8. The van der Waals surface area contributed by atoms with Gasteiger partial charge in [-0.05, 0) is 56.4 Å². The van der Waals surface area contributed by atoms with Crippen LogP contribution >= 0.6 is 0 Å². The second-order valence-electron chi connectivity index (χ2n) is 7.28. The van der Waals surface area contributed by atoms with Gasteiger partial charge in [-0.15, -0.1) is 0 Å². The van der Waals surface area contributed by atoms with E-state index >= 15 is 0 Å². The van der Waals surface area contributed by atoms with Gasteiger partial charge in [-0.1, -0.05) is 18.2 Å². The zero-order chi connectivity index (χ0) is 20.8. The van der Waals surface area contributed by atoms with Gasteiger partial charge in [0.2, 0.25) is 5.91 Å². The summed E-state index contributed by atoms with van der Waals surface area (Å²) >= 11 is 0. The van der Waals surface area contributed by atoms with Crippen LogP contribution in [0.3, 0.4) is 0 Å². The molecule has 0 aliphatic rings. The van der Waals surface area contributed by atoms with Crippen molar-refractivity contribution in [2.45, 2.75) is 19.4 Å². The average molecular weight is 393 g/mol. The molecule has 3 rings (SSSR count). The molecule has 6 nitrogen and oxygen atoms in total. The summed E-state index contributed by atoms with van der Waals surface area (Å²) in [7, 11) is 5.58. The number of amides is 1. The highest BCUT2D eigenvalue weighted by molar-refractivity contribution is 6.01. The maximum Gasteiger partial charge on any atom is 0.258 e. The SMILES string of the molecule is COc1ccc(CCC(=O)Nc2cccc3c(=O)n(CCN(C)C)ccc23)cc1. The number of fused-ring (bicyclic) bond motifs is 1. The van der Waals surface area contributed by atoms with Crippen molar-refractivity contribution in [2.24, 2.45) is 0 Å². The van der Waals surface area contributed by atoms with E-state index in [9.17, 15) is 9.59 Å². The van der Waals surface area contributed by atoms with Gasteiger partial charge in [-0.2, -0.15) is 0 Å². The molecular weight excluding hydrogens is 366 g/mol. The maximum absolute atomic E-state index is 12.8. The van der Waals surface area contributed by atoms with E-state index in [0.29, 0.717) is 30.5 Å². The first-order valence-electron chi connectivity index (χ1n) is 9.67. The Kier molecular flexibility index (Phi) is 6.67. The molecule has 29 heavy (non-hydrogen) atoms. The van der Waals surface area contributed by atoms with Gasteiger partial charge >= 0.3 is 0 Å². The molecule has 0 aliphatic heterocycles. The van der Waals surface area contributed by atoms with Crippen molar-refractivity contribution in [1.29, 1.82) is 0 Å². The van der Waals surface area contributed by atoms with Crippen LogP contribution in [0.5, 0.6) is 5.75 Å². The highest BCUT2D eigenvalue weighted by Gasteiger charge is 2.10. The summed E-state index contributed by atoms with van der Waals surface area (Å²) in [5.41, 5.74) is 1.69. The highest BCUT2D eigenvalue weighted by atomic mass is 16.5. The van der Waals surface area contributed by atoms with Crippen molar-refractivity contribution >= 4 is 22.4 Å². The number of pyridine rings is 1. The molecule has 152 valence electrons. The van der Waals surface area contributed by atoms with Gasteiger partial charge in [-0.3, -0.25) is 9.59 Å². The van der Waals surface area contributed by atoms with E-state index in [2.05, 4.69) is 5.32 Å². The molecule has 1 aromatic heterocycles. The van der Waals surface area contributed by atoms with Gasteiger partial charge in [0.1, 0.15) is 5.75 Å². The third-order valence-corrected chi connectivity index (χ3v) is 4.88. The summed E-state index contributed by atoms with van der Waals surface area (Å²) in [6.45, 7) is 1.41. The van der Waals surface area contributed by atoms with Crippen LogP contribution in [0.15, 0.2) is 59.5 Å². The standard InChI is InChI=1S/C23H27N3O3/c1-25(2)15-16-26-14-13-19-20(23(26)28)5-4-6-21(19)24-22(27)12-9-17-7-10-18(29-3)11-8-17/h4-8,10-11,13-14H,9,12,15-16H2,1-3H3,(H,24,27). The molecule has 0 radical (unpaired) electrons. The number of carbonyl (C=O) groups excluding carboxylic acids is 1. The fraction of sp³-hybridized carbons (Fsp3) is 0.304. The van der Waals surface area contributed by atoms with Crippen LogP contribution < -0.4 is 15.6 Å². The predicted molar refractivity (Wildman–Crippen MR) is 117 cm³/mol. The number of nitrogens with zero attached hydrogens (tertiary/aromatic N) is 2. The van der Waals surface area contributed by atoms with E-state index < -0.39 is 0 Å². The van der Waals surface area contributed by atoms with Crippen molar-refractivity contribution in [2.75, 3.05) is 33.1 Å². The Labute approximate surface area is 170 Å². The van der Waals surface area contributed by atoms with Gasteiger partial charge in [0.05, 0.1) is 7.11 Å². The summed E-state index contributed by atoms with van der Waals surface area (Å²) in [5.74, 6) is 0.718. The van der Waals surface area contributed by atoms with Gasteiger partial charge in [-0.25, -0.2) is 0 Å². The smallest absolute Gasteiger partial charge is 0.258 e. The first-order valence-corrected chi connectivity index (χ1v) is 9.67. The number of aryl methyl sites for hydroxylation is 1. The molecule has 2 aromatic carbocycles. The molecule has 1 N–H and O–H groups in total. The largest absolute Gasteiger partial charge is 0.497 e. The van der Waals surface area contributed by atoms with Gasteiger partial charge < -0.3 is 19.5 Å². The number of likely N-dealkylation sites (N-methyl/N-ethyl adjacent to an activating group) is 1. The Hall–Kier alpha value is -3.12. The molecule has 0 unspecified atom stereocenters. The highest BCUT2D eigenvalue weighted by Crippen LogP contribution is 2.21. The number of nitrogens with one attached hydrogen (secondary N) is 1. The molecule has 0 saturated heterocycles. The first kappa shape index (κ1) is 20.6. The second-order valence-corrected chi connectivity index (χ2v) is 7.28.